The van der Waals surface area contributed by atoms with Crippen LogP contribution in [0.5, 0.6) is 0 Å². The van der Waals surface area contributed by atoms with Crippen LogP contribution in [0.15, 0.2) is 42.0 Å². The first-order valence-corrected chi connectivity index (χ1v) is 11.8. The van der Waals surface area contributed by atoms with E-state index in [1.165, 1.54) is 18.8 Å². The third kappa shape index (κ3) is 3.48. The predicted octanol–water partition coefficient (Wildman–Crippen LogP) is 5.90. The molecule has 32 heavy (non-hydrogen) atoms. The molecular formula is C28H34O4. The number of carbonyl (C=O) groups excluding carboxylic acids is 3. The largest absolute Gasteiger partial charge is 0.469 e. The summed E-state index contributed by atoms with van der Waals surface area (Å²) < 4.78 is 5.23. The average Bonchev–Trinajstić information content (AvgIpc) is 2.76. The summed E-state index contributed by atoms with van der Waals surface area (Å²) >= 11 is 0. The van der Waals surface area contributed by atoms with Crippen molar-refractivity contribution in [3.8, 4) is 0 Å². The van der Waals surface area contributed by atoms with Crippen LogP contribution in [-0.2, 0) is 16.0 Å². The summed E-state index contributed by atoms with van der Waals surface area (Å²) in [4.78, 5) is 37.6. The number of benzene rings is 1. The van der Waals surface area contributed by atoms with Crippen molar-refractivity contribution in [2.75, 3.05) is 7.11 Å². The van der Waals surface area contributed by atoms with Gasteiger partial charge in [0, 0.05) is 16.7 Å². The Morgan fingerprint density at radius 3 is 2.66 bits per heavy atom. The van der Waals surface area contributed by atoms with E-state index in [1.807, 2.05) is 12.1 Å². The molecule has 170 valence electrons. The van der Waals surface area contributed by atoms with Gasteiger partial charge in [-0.05, 0) is 87.3 Å². The van der Waals surface area contributed by atoms with Crippen LogP contribution in [0.1, 0.15) is 85.6 Å². The molecule has 1 aromatic rings. The Hall–Kier alpha value is -2.49. The predicted molar refractivity (Wildman–Crippen MR) is 125 cm³/mol. The Labute approximate surface area is 191 Å². The second-order valence-electron chi connectivity index (χ2n) is 10.5. The van der Waals surface area contributed by atoms with Crippen molar-refractivity contribution >= 4 is 17.5 Å². The molecule has 3 aliphatic rings. The summed E-state index contributed by atoms with van der Waals surface area (Å²) in [7, 11) is 1.50. The first-order valence-electron chi connectivity index (χ1n) is 11.8. The molecule has 4 nitrogen and oxygen atoms in total. The highest BCUT2D eigenvalue weighted by Gasteiger charge is 2.57. The zero-order chi connectivity index (χ0) is 23.3. The Morgan fingerprint density at radius 1 is 1.19 bits per heavy atom. The maximum atomic E-state index is 12.8. The molecule has 0 radical (unpaired) electrons. The van der Waals surface area contributed by atoms with Crippen LogP contribution in [0.25, 0.3) is 0 Å². The van der Waals surface area contributed by atoms with Gasteiger partial charge in [-0.25, -0.2) is 0 Å². The summed E-state index contributed by atoms with van der Waals surface area (Å²) in [5.41, 5.74) is 3.44. The molecule has 0 amide bonds. The van der Waals surface area contributed by atoms with Gasteiger partial charge in [0.15, 0.2) is 11.6 Å². The van der Waals surface area contributed by atoms with Gasteiger partial charge in [0.05, 0.1) is 12.5 Å². The number of ether oxygens (including phenoxy) is 1. The first-order chi connectivity index (χ1) is 15.1. The Kier molecular flexibility index (Phi) is 5.77. The monoisotopic (exact) mass is 434 g/mol. The lowest BCUT2D eigenvalue weighted by Gasteiger charge is -2.57. The van der Waals surface area contributed by atoms with E-state index >= 15 is 0 Å². The van der Waals surface area contributed by atoms with E-state index in [9.17, 15) is 14.4 Å². The van der Waals surface area contributed by atoms with Crippen molar-refractivity contribution in [2.45, 2.75) is 65.7 Å². The number of allylic oxidation sites excluding steroid dienone is 3. The first kappa shape index (κ1) is 22.7. The summed E-state index contributed by atoms with van der Waals surface area (Å²) in [5.74, 6) is 0.366. The van der Waals surface area contributed by atoms with E-state index < -0.39 is 5.41 Å². The molecule has 2 fully saturated rings. The maximum absolute atomic E-state index is 12.8. The number of carbonyl (C=O) groups is 3. The maximum Gasteiger partial charge on any atom is 0.311 e. The Bertz CT molecular complexity index is 1030. The minimum atomic E-state index is -0.441. The molecule has 0 saturated heterocycles. The molecule has 3 aliphatic carbocycles. The molecule has 0 unspecified atom stereocenters. The fourth-order valence-electron chi connectivity index (χ4n) is 6.97. The zero-order valence-electron chi connectivity index (χ0n) is 19.8. The highest BCUT2D eigenvalue weighted by atomic mass is 16.5. The molecule has 0 aromatic heterocycles. The summed E-state index contributed by atoms with van der Waals surface area (Å²) in [6.07, 6.45) is 8.11. The number of Topliss-reactive ketones (excluding diaryl/α,β-unsaturated/α-hetero) is 1. The van der Waals surface area contributed by atoms with Crippen molar-refractivity contribution < 1.29 is 19.1 Å². The average molecular weight is 435 g/mol. The summed E-state index contributed by atoms with van der Waals surface area (Å²) in [6.45, 7) is 10.6. The second-order valence-corrected chi connectivity index (χ2v) is 10.5. The van der Waals surface area contributed by atoms with Crippen LogP contribution in [0.2, 0.25) is 0 Å². The number of rotatable bonds is 4. The van der Waals surface area contributed by atoms with Crippen molar-refractivity contribution in [1.82, 2.24) is 0 Å². The number of ketones is 2. The van der Waals surface area contributed by atoms with Crippen LogP contribution >= 0.6 is 0 Å². The number of methoxy groups -OCH3 is 1. The Morgan fingerprint density at radius 2 is 1.94 bits per heavy atom. The van der Waals surface area contributed by atoms with Gasteiger partial charge in [-0.3, -0.25) is 14.4 Å². The van der Waals surface area contributed by atoms with E-state index in [4.69, 9.17) is 4.74 Å². The van der Waals surface area contributed by atoms with Gasteiger partial charge in [-0.15, -0.1) is 0 Å². The minimum Gasteiger partial charge on any atom is -0.469 e. The molecule has 0 heterocycles. The van der Waals surface area contributed by atoms with E-state index in [0.717, 1.165) is 50.5 Å². The molecule has 2 saturated carbocycles. The van der Waals surface area contributed by atoms with Gasteiger partial charge in [0.1, 0.15) is 0 Å². The van der Waals surface area contributed by atoms with Crippen molar-refractivity contribution in [3.63, 3.8) is 0 Å². The fourth-order valence-corrected chi connectivity index (χ4v) is 6.97. The molecule has 0 aliphatic heterocycles. The van der Waals surface area contributed by atoms with E-state index in [2.05, 4.69) is 20.4 Å². The number of hydrogen-bond acceptors (Lipinski definition) is 4. The smallest absolute Gasteiger partial charge is 0.311 e. The molecule has 0 bridgehead atoms. The number of aryl methyl sites for hydroxylation is 1. The molecule has 4 rings (SSSR count). The number of esters is 1. The molecule has 4 atom stereocenters. The third-order valence-electron chi connectivity index (χ3n) is 8.69. The van der Waals surface area contributed by atoms with E-state index in [0.29, 0.717) is 22.6 Å². The van der Waals surface area contributed by atoms with E-state index in [1.54, 1.807) is 13.0 Å². The van der Waals surface area contributed by atoms with Crippen LogP contribution in [-0.4, -0.2) is 24.6 Å². The second kappa shape index (κ2) is 8.13. The lowest BCUT2D eigenvalue weighted by molar-refractivity contribution is -0.168. The molecule has 0 N–H and O–H groups in total. The number of fused-ring (bicyclic) bond motifs is 2. The topological polar surface area (TPSA) is 60.4 Å². The van der Waals surface area contributed by atoms with Gasteiger partial charge in [0.2, 0.25) is 0 Å². The minimum absolute atomic E-state index is 0.0103. The lowest BCUT2D eigenvalue weighted by Crippen LogP contribution is -2.53. The van der Waals surface area contributed by atoms with E-state index in [-0.39, 0.29) is 28.9 Å². The lowest BCUT2D eigenvalue weighted by atomic mass is 9.46. The normalized spacial score (nSPS) is 32.1. The van der Waals surface area contributed by atoms with Crippen LogP contribution in [0.4, 0.5) is 0 Å². The quantitative estimate of drug-likeness (QED) is 0.437. The van der Waals surface area contributed by atoms with Gasteiger partial charge < -0.3 is 4.74 Å². The molecule has 0 spiro atoms. The fraction of sp³-hybridized carbons (Fsp3) is 0.536. The summed E-state index contributed by atoms with van der Waals surface area (Å²) in [6, 6.07) is 5.67. The standard InChI is InChI=1S/C28H34O4/c1-17-7-12-24-27(3,13-6-14-28(24,4)26(31)32-5)22(17)11-9-19-8-10-20-21(16-19)23(29)15-18(2)25(20)30/h8,10,15-16,22,24H,1,6-7,9,11-14H2,2-5H3/t22-,24+,27+,28-/m0/s1. The van der Waals surface area contributed by atoms with Gasteiger partial charge >= 0.3 is 5.97 Å². The molecule has 1 aromatic carbocycles. The van der Waals surface area contributed by atoms with Crippen LogP contribution < -0.4 is 0 Å². The van der Waals surface area contributed by atoms with Gasteiger partial charge in [0.25, 0.3) is 0 Å². The zero-order valence-corrected chi connectivity index (χ0v) is 19.8. The molecular weight excluding hydrogens is 400 g/mol. The van der Waals surface area contributed by atoms with Crippen molar-refractivity contribution in [1.29, 1.82) is 0 Å². The molecule has 4 heteroatoms. The van der Waals surface area contributed by atoms with Crippen molar-refractivity contribution in [3.05, 3.63) is 58.7 Å². The van der Waals surface area contributed by atoms with Crippen LogP contribution in [0.3, 0.4) is 0 Å². The van der Waals surface area contributed by atoms with Gasteiger partial charge in [-0.2, -0.15) is 0 Å². The SMILES string of the molecule is C=C1CC[C@@H]2[C@](C)(CCC[C@]2(C)C(=O)OC)[C@H]1CCc1ccc2c(c1)C(=O)C=C(C)C2=O. The van der Waals surface area contributed by atoms with Gasteiger partial charge in [-0.1, -0.05) is 37.6 Å². The van der Waals surface area contributed by atoms with Crippen LogP contribution in [0, 0.1) is 22.7 Å². The Balaban J connectivity index is 1.58. The highest BCUT2D eigenvalue weighted by Crippen LogP contribution is 2.62. The van der Waals surface area contributed by atoms with Crippen molar-refractivity contribution in [2.24, 2.45) is 22.7 Å². The third-order valence-corrected chi connectivity index (χ3v) is 8.69. The number of hydrogen-bond donors (Lipinski definition) is 0. The highest BCUT2D eigenvalue weighted by molar-refractivity contribution is 6.24. The summed E-state index contributed by atoms with van der Waals surface area (Å²) in [5, 5.41) is 0.